The van der Waals surface area contributed by atoms with Gasteiger partial charge in [-0.15, -0.1) is 0 Å². The van der Waals surface area contributed by atoms with E-state index in [1.165, 1.54) is 19.2 Å². The van der Waals surface area contributed by atoms with Crippen LogP contribution in [0.15, 0.2) is 42.5 Å². The number of ether oxygens (including phenoxy) is 1. The molecule has 2 aromatic carbocycles. The summed E-state index contributed by atoms with van der Waals surface area (Å²) in [5, 5.41) is 5.05. The highest BCUT2D eigenvalue weighted by atomic mass is 19.1. The molecule has 0 aliphatic rings. The fraction of sp³-hybridized carbons (Fsp3) is 0.263. The van der Waals surface area contributed by atoms with E-state index in [1.54, 1.807) is 24.3 Å². The van der Waals surface area contributed by atoms with Crippen LogP contribution in [0.25, 0.3) is 0 Å². The maximum Gasteiger partial charge on any atom is 0.313 e. The van der Waals surface area contributed by atoms with Gasteiger partial charge in [0.15, 0.2) is 0 Å². The van der Waals surface area contributed by atoms with E-state index in [2.05, 4.69) is 10.6 Å². The Kier molecular flexibility index (Phi) is 6.25. The van der Waals surface area contributed by atoms with Gasteiger partial charge in [0.2, 0.25) is 0 Å². The van der Waals surface area contributed by atoms with Crippen LogP contribution in [0.4, 0.5) is 10.1 Å². The maximum absolute atomic E-state index is 13.3. The second kappa shape index (κ2) is 8.39. The summed E-state index contributed by atoms with van der Waals surface area (Å²) in [7, 11) is 1.46. The number of aryl methyl sites for hydroxylation is 2. The zero-order chi connectivity index (χ0) is 18.4. The monoisotopic (exact) mass is 344 g/mol. The molecule has 2 amide bonds. The normalized spacial score (nSPS) is 11.7. The number of amides is 2. The lowest BCUT2D eigenvalue weighted by molar-refractivity contribution is -0.136. The predicted octanol–water partition coefficient (Wildman–Crippen LogP) is 2.88. The van der Waals surface area contributed by atoms with Gasteiger partial charge in [0.1, 0.15) is 5.82 Å². The van der Waals surface area contributed by atoms with Crippen molar-refractivity contribution in [2.45, 2.75) is 20.0 Å². The Labute approximate surface area is 146 Å². The largest absolute Gasteiger partial charge is 0.375 e. The number of nitrogens with one attached hydrogen (secondary N) is 2. The molecule has 0 unspecified atom stereocenters. The minimum atomic E-state index is -0.781. The standard InChI is InChI=1S/C19H21FN2O3/c1-12-7-8-16(9-13(12)2)22-19(24)18(23)21-11-17(25-3)14-5-4-6-15(20)10-14/h4-10,17H,11H2,1-3H3,(H,21,23)(H,22,24)/t17-/m0/s1. The molecule has 5 nitrogen and oxygen atoms in total. The molecule has 132 valence electrons. The number of hydrogen-bond donors (Lipinski definition) is 2. The predicted molar refractivity (Wildman–Crippen MR) is 93.7 cm³/mol. The molecular formula is C19H21FN2O3. The fourth-order valence-corrected chi connectivity index (χ4v) is 2.32. The zero-order valence-corrected chi connectivity index (χ0v) is 14.4. The van der Waals surface area contributed by atoms with Gasteiger partial charge in [-0.25, -0.2) is 4.39 Å². The molecule has 25 heavy (non-hydrogen) atoms. The quantitative estimate of drug-likeness (QED) is 0.820. The number of halogens is 1. The molecule has 0 saturated heterocycles. The van der Waals surface area contributed by atoms with Gasteiger partial charge in [-0.2, -0.15) is 0 Å². The van der Waals surface area contributed by atoms with E-state index in [0.29, 0.717) is 11.3 Å². The maximum atomic E-state index is 13.3. The lowest BCUT2D eigenvalue weighted by Crippen LogP contribution is -2.38. The van der Waals surface area contributed by atoms with Gasteiger partial charge in [0, 0.05) is 19.3 Å². The number of methoxy groups -OCH3 is 1. The van der Waals surface area contributed by atoms with Crippen LogP contribution in [0.5, 0.6) is 0 Å². The summed E-state index contributed by atoms with van der Waals surface area (Å²) in [4.78, 5) is 23.9. The first kappa shape index (κ1) is 18.6. The summed E-state index contributed by atoms with van der Waals surface area (Å²) < 4.78 is 18.5. The molecule has 0 heterocycles. The van der Waals surface area contributed by atoms with Crippen molar-refractivity contribution in [3.05, 3.63) is 65.0 Å². The second-order valence-electron chi connectivity index (χ2n) is 5.74. The van der Waals surface area contributed by atoms with E-state index < -0.39 is 23.7 Å². The molecule has 2 rings (SSSR count). The van der Waals surface area contributed by atoms with Crippen molar-refractivity contribution in [1.82, 2.24) is 5.32 Å². The number of carbonyl (C=O) groups is 2. The van der Waals surface area contributed by atoms with Gasteiger partial charge in [0.25, 0.3) is 0 Å². The Balaban J connectivity index is 1.93. The third-order valence-corrected chi connectivity index (χ3v) is 3.92. The van der Waals surface area contributed by atoms with Gasteiger partial charge in [0.05, 0.1) is 6.10 Å². The first-order valence-electron chi connectivity index (χ1n) is 7.85. The Morgan fingerprint density at radius 2 is 1.84 bits per heavy atom. The SMILES string of the molecule is CO[C@@H](CNC(=O)C(=O)Nc1ccc(C)c(C)c1)c1cccc(F)c1. The topological polar surface area (TPSA) is 67.4 Å². The summed E-state index contributed by atoms with van der Waals surface area (Å²) in [5.74, 6) is -1.94. The Morgan fingerprint density at radius 1 is 1.08 bits per heavy atom. The summed E-state index contributed by atoms with van der Waals surface area (Å²) in [5.41, 5.74) is 3.25. The number of benzene rings is 2. The van der Waals surface area contributed by atoms with Crippen molar-refractivity contribution in [3.8, 4) is 0 Å². The van der Waals surface area contributed by atoms with Crippen LogP contribution >= 0.6 is 0 Å². The van der Waals surface area contributed by atoms with Crippen LogP contribution in [0.3, 0.4) is 0 Å². The highest BCUT2D eigenvalue weighted by molar-refractivity contribution is 6.39. The van der Waals surface area contributed by atoms with Gasteiger partial charge in [-0.3, -0.25) is 9.59 Å². The molecular weight excluding hydrogens is 323 g/mol. The van der Waals surface area contributed by atoms with E-state index in [-0.39, 0.29) is 6.54 Å². The molecule has 2 aromatic rings. The lowest BCUT2D eigenvalue weighted by Gasteiger charge is -2.16. The second-order valence-corrected chi connectivity index (χ2v) is 5.74. The van der Waals surface area contributed by atoms with Crippen LogP contribution in [0.1, 0.15) is 22.8 Å². The molecule has 0 aliphatic carbocycles. The third kappa shape index (κ3) is 5.12. The van der Waals surface area contributed by atoms with Gasteiger partial charge < -0.3 is 15.4 Å². The molecule has 0 fully saturated rings. The molecule has 0 aromatic heterocycles. The van der Waals surface area contributed by atoms with Crippen molar-refractivity contribution in [1.29, 1.82) is 0 Å². The first-order valence-corrected chi connectivity index (χ1v) is 7.85. The summed E-state index contributed by atoms with van der Waals surface area (Å²) in [6.07, 6.45) is -0.547. The fourth-order valence-electron chi connectivity index (χ4n) is 2.32. The van der Waals surface area contributed by atoms with E-state index in [1.807, 2.05) is 19.9 Å². The Hall–Kier alpha value is -2.73. The molecule has 2 N–H and O–H groups in total. The van der Waals surface area contributed by atoms with Crippen molar-refractivity contribution < 1.29 is 18.7 Å². The van der Waals surface area contributed by atoms with Crippen LogP contribution in [-0.2, 0) is 14.3 Å². The van der Waals surface area contributed by atoms with Crippen LogP contribution in [0, 0.1) is 19.7 Å². The van der Waals surface area contributed by atoms with E-state index >= 15 is 0 Å². The van der Waals surface area contributed by atoms with Crippen molar-refractivity contribution in [2.24, 2.45) is 0 Å². The smallest absolute Gasteiger partial charge is 0.313 e. The van der Waals surface area contributed by atoms with Crippen molar-refractivity contribution in [2.75, 3.05) is 19.0 Å². The van der Waals surface area contributed by atoms with E-state index in [4.69, 9.17) is 4.74 Å². The van der Waals surface area contributed by atoms with Crippen molar-refractivity contribution in [3.63, 3.8) is 0 Å². The van der Waals surface area contributed by atoms with Crippen LogP contribution in [-0.4, -0.2) is 25.5 Å². The third-order valence-electron chi connectivity index (χ3n) is 3.92. The average Bonchev–Trinajstić information content (AvgIpc) is 2.58. The molecule has 0 aliphatic heterocycles. The first-order chi connectivity index (χ1) is 11.9. The Bertz CT molecular complexity index is 777. The van der Waals surface area contributed by atoms with Crippen LogP contribution < -0.4 is 10.6 Å². The molecule has 0 bridgehead atoms. The van der Waals surface area contributed by atoms with Gasteiger partial charge >= 0.3 is 11.8 Å². The molecule has 0 radical (unpaired) electrons. The molecule has 6 heteroatoms. The molecule has 1 atom stereocenters. The number of anilines is 1. The van der Waals surface area contributed by atoms with E-state index in [0.717, 1.165) is 11.1 Å². The minimum absolute atomic E-state index is 0.0547. The number of carbonyl (C=O) groups excluding carboxylic acids is 2. The lowest BCUT2D eigenvalue weighted by atomic mass is 10.1. The number of rotatable bonds is 5. The highest BCUT2D eigenvalue weighted by Gasteiger charge is 2.17. The Morgan fingerprint density at radius 3 is 2.48 bits per heavy atom. The summed E-state index contributed by atoms with van der Waals surface area (Å²) in [6, 6.07) is 11.3. The zero-order valence-electron chi connectivity index (χ0n) is 14.4. The van der Waals surface area contributed by atoms with Gasteiger partial charge in [-0.1, -0.05) is 18.2 Å². The van der Waals surface area contributed by atoms with Gasteiger partial charge in [-0.05, 0) is 54.8 Å². The van der Waals surface area contributed by atoms with E-state index in [9.17, 15) is 14.0 Å². The summed E-state index contributed by atoms with van der Waals surface area (Å²) in [6.45, 7) is 3.94. The highest BCUT2D eigenvalue weighted by Crippen LogP contribution is 2.17. The van der Waals surface area contributed by atoms with Crippen LogP contribution in [0.2, 0.25) is 0 Å². The van der Waals surface area contributed by atoms with Crippen molar-refractivity contribution >= 4 is 17.5 Å². The minimum Gasteiger partial charge on any atom is -0.375 e. The number of hydrogen-bond acceptors (Lipinski definition) is 3. The summed E-state index contributed by atoms with van der Waals surface area (Å²) >= 11 is 0. The molecule has 0 spiro atoms. The molecule has 0 saturated carbocycles. The average molecular weight is 344 g/mol.